The number of rotatable bonds is 5. The maximum atomic E-state index is 6.22. The number of aromatic nitrogens is 2. The molecule has 9 heteroatoms. The summed E-state index contributed by atoms with van der Waals surface area (Å²) in [7, 11) is 2.19. The Morgan fingerprint density at radius 1 is 1.24 bits per heavy atom. The van der Waals surface area contributed by atoms with E-state index in [-0.39, 0.29) is 6.04 Å². The van der Waals surface area contributed by atoms with E-state index >= 15 is 0 Å². The van der Waals surface area contributed by atoms with Crippen molar-refractivity contribution < 1.29 is 0 Å². The molecule has 1 aromatic carbocycles. The lowest BCUT2D eigenvalue weighted by Crippen LogP contribution is -2.44. The van der Waals surface area contributed by atoms with Gasteiger partial charge in [0, 0.05) is 79.1 Å². The molecule has 0 spiro atoms. The molecule has 0 saturated carbocycles. The lowest BCUT2D eigenvalue weighted by molar-refractivity contribution is 0.155. The molecule has 4 heterocycles. The lowest BCUT2D eigenvalue weighted by Gasteiger charge is -2.32. The Balaban J connectivity index is 1.33. The third kappa shape index (κ3) is 5.25. The molecule has 0 amide bonds. The van der Waals surface area contributed by atoms with Gasteiger partial charge in [0.05, 0.1) is 16.7 Å². The van der Waals surface area contributed by atoms with Crippen LogP contribution in [0.1, 0.15) is 18.9 Å². The Kier molecular flexibility index (Phi) is 6.83. The van der Waals surface area contributed by atoms with Gasteiger partial charge in [-0.1, -0.05) is 23.8 Å². The zero-order chi connectivity index (χ0) is 23.7. The number of thiocarbonyl (C=S) groups is 1. The fourth-order valence-corrected chi connectivity index (χ4v) is 4.93. The van der Waals surface area contributed by atoms with Crippen LogP contribution in [0.15, 0.2) is 47.9 Å². The fourth-order valence-electron chi connectivity index (χ4n) is 4.49. The summed E-state index contributed by atoms with van der Waals surface area (Å²) >= 11 is 11.7. The summed E-state index contributed by atoms with van der Waals surface area (Å²) in [5.74, 6) is 0.577. The average molecular weight is 496 g/mol. The normalized spacial score (nSPS) is 20.8. The number of hydrogen-bond acceptors (Lipinski definition) is 7. The fraction of sp³-hybridized carbons (Fsp3) is 0.400. The van der Waals surface area contributed by atoms with Crippen LogP contribution in [0, 0.1) is 0 Å². The van der Waals surface area contributed by atoms with Crippen LogP contribution >= 0.6 is 23.8 Å². The molecule has 1 atom stereocenters. The summed E-state index contributed by atoms with van der Waals surface area (Å²) in [4.78, 5) is 15.2. The molecule has 0 radical (unpaired) electrons. The van der Waals surface area contributed by atoms with Gasteiger partial charge in [-0.05, 0) is 50.2 Å². The van der Waals surface area contributed by atoms with Crippen LogP contribution in [-0.4, -0.2) is 70.6 Å². The van der Waals surface area contributed by atoms with Gasteiger partial charge in [0.25, 0.3) is 0 Å². The Morgan fingerprint density at radius 2 is 2.06 bits per heavy atom. The number of dihydropyridines is 1. The number of allylic oxidation sites excluding steroid dienone is 1. The monoisotopic (exact) mass is 495 g/mol. The second-order valence-electron chi connectivity index (χ2n) is 9.21. The van der Waals surface area contributed by atoms with Gasteiger partial charge in [-0.15, -0.1) is 0 Å². The van der Waals surface area contributed by atoms with Crippen LogP contribution in [0.5, 0.6) is 0 Å². The third-order valence-corrected chi connectivity index (χ3v) is 7.10. The van der Waals surface area contributed by atoms with Crippen LogP contribution in [0.2, 0.25) is 5.02 Å². The molecule has 5 rings (SSSR count). The summed E-state index contributed by atoms with van der Waals surface area (Å²) < 4.78 is 0. The summed E-state index contributed by atoms with van der Waals surface area (Å²) in [6, 6.07) is 5.90. The van der Waals surface area contributed by atoms with E-state index in [4.69, 9.17) is 28.8 Å². The first-order chi connectivity index (χ1) is 16.4. The number of nitrogens with zero attached hydrogens (tertiary/aromatic N) is 4. The van der Waals surface area contributed by atoms with E-state index in [1.54, 1.807) is 0 Å². The van der Waals surface area contributed by atoms with Crippen molar-refractivity contribution in [3.8, 4) is 11.3 Å². The van der Waals surface area contributed by atoms with Crippen LogP contribution in [0.3, 0.4) is 0 Å². The van der Waals surface area contributed by atoms with Gasteiger partial charge >= 0.3 is 0 Å². The molecule has 34 heavy (non-hydrogen) atoms. The van der Waals surface area contributed by atoms with Gasteiger partial charge in [-0.25, -0.2) is 9.97 Å². The molecule has 3 aliphatic rings. The number of hydrogen-bond donors (Lipinski definition) is 3. The minimum absolute atomic E-state index is 0.148. The van der Waals surface area contributed by atoms with Crippen molar-refractivity contribution in [3.63, 3.8) is 0 Å². The smallest absolute Gasteiger partial charge is 0.227 e. The minimum Gasteiger partial charge on any atom is -0.383 e. The third-order valence-electron chi connectivity index (χ3n) is 6.62. The topological polar surface area (TPSA) is 68.3 Å². The highest BCUT2D eigenvalue weighted by Gasteiger charge is 2.21. The molecular formula is C25H30ClN7S. The molecule has 0 aliphatic carbocycles. The first kappa shape index (κ1) is 23.2. The zero-order valence-electron chi connectivity index (χ0n) is 19.6. The zero-order valence-corrected chi connectivity index (χ0v) is 21.1. The van der Waals surface area contributed by atoms with Crippen molar-refractivity contribution in [1.82, 2.24) is 25.1 Å². The summed E-state index contributed by atoms with van der Waals surface area (Å²) in [6.45, 7) is 7.76. The maximum absolute atomic E-state index is 6.22. The molecule has 1 unspecified atom stereocenters. The Bertz CT molecular complexity index is 1150. The molecular weight excluding hydrogens is 466 g/mol. The molecule has 7 nitrogen and oxygen atoms in total. The van der Waals surface area contributed by atoms with Gasteiger partial charge in [0.2, 0.25) is 5.95 Å². The van der Waals surface area contributed by atoms with E-state index in [2.05, 4.69) is 57.0 Å². The largest absolute Gasteiger partial charge is 0.383 e. The SMILES string of the molecule is CC1NC=C(CCN2CCN(C)CC2)C=C1Nc1ncc2c(n1)-c1ccc(Cl)cc1NC(=S)C2. The van der Waals surface area contributed by atoms with Crippen molar-refractivity contribution in [2.45, 2.75) is 25.8 Å². The van der Waals surface area contributed by atoms with Crippen molar-refractivity contribution in [1.29, 1.82) is 0 Å². The minimum atomic E-state index is 0.148. The van der Waals surface area contributed by atoms with E-state index in [1.807, 2.05) is 24.4 Å². The van der Waals surface area contributed by atoms with Crippen molar-refractivity contribution >= 4 is 40.4 Å². The Hall–Kier alpha value is -2.52. The van der Waals surface area contributed by atoms with E-state index in [1.165, 1.54) is 5.57 Å². The standard InChI is InChI=1S/C25H30ClN7S/c1-16-21(11-17(14-27-16)5-6-33-9-7-32(2)8-10-33)30-25-28-15-18-12-23(34)29-22-13-19(26)3-4-20(22)24(18)31-25/h3-4,11,13-16,27H,5-10,12H2,1-2H3,(H,29,34)(H,28,30,31). The number of halogens is 1. The number of anilines is 2. The van der Waals surface area contributed by atoms with Crippen LogP contribution in [0.25, 0.3) is 11.3 Å². The molecule has 3 aliphatic heterocycles. The van der Waals surface area contributed by atoms with Crippen LogP contribution in [0.4, 0.5) is 11.6 Å². The van der Waals surface area contributed by atoms with Crippen LogP contribution < -0.4 is 16.0 Å². The number of fused-ring (bicyclic) bond motifs is 3. The lowest BCUT2D eigenvalue weighted by atomic mass is 10.0. The average Bonchev–Trinajstić information content (AvgIpc) is 2.95. The first-order valence-electron chi connectivity index (χ1n) is 11.7. The van der Waals surface area contributed by atoms with Gasteiger partial charge in [-0.2, -0.15) is 0 Å². The second-order valence-corrected chi connectivity index (χ2v) is 10.1. The Labute approximate surface area is 211 Å². The highest BCUT2D eigenvalue weighted by Crippen LogP contribution is 2.35. The van der Waals surface area contributed by atoms with E-state index in [9.17, 15) is 0 Å². The number of benzene rings is 1. The summed E-state index contributed by atoms with van der Waals surface area (Å²) in [5, 5.41) is 10.9. The predicted octanol–water partition coefficient (Wildman–Crippen LogP) is 3.90. The molecule has 2 aromatic rings. The summed E-state index contributed by atoms with van der Waals surface area (Å²) in [6.07, 6.45) is 7.84. The predicted molar refractivity (Wildman–Crippen MR) is 143 cm³/mol. The molecule has 178 valence electrons. The van der Waals surface area contributed by atoms with Crippen molar-refractivity contribution in [2.24, 2.45) is 0 Å². The van der Waals surface area contributed by atoms with Gasteiger partial charge in [-0.3, -0.25) is 0 Å². The second kappa shape index (κ2) is 10.00. The number of likely N-dealkylation sites (N-methyl/N-ethyl adjacent to an activating group) is 1. The highest BCUT2D eigenvalue weighted by atomic mass is 35.5. The van der Waals surface area contributed by atoms with Crippen molar-refractivity contribution in [3.05, 3.63) is 58.5 Å². The quantitative estimate of drug-likeness (QED) is 0.540. The molecule has 1 saturated heterocycles. The van der Waals surface area contributed by atoms with Gasteiger partial charge in [0.1, 0.15) is 0 Å². The van der Waals surface area contributed by atoms with Gasteiger partial charge < -0.3 is 25.8 Å². The van der Waals surface area contributed by atoms with Crippen molar-refractivity contribution in [2.75, 3.05) is 50.4 Å². The number of nitrogens with one attached hydrogen (secondary N) is 3. The first-order valence-corrected chi connectivity index (χ1v) is 12.5. The maximum Gasteiger partial charge on any atom is 0.227 e. The van der Waals surface area contributed by atoms with Crippen LogP contribution in [-0.2, 0) is 6.42 Å². The van der Waals surface area contributed by atoms with E-state index in [0.717, 1.165) is 72.3 Å². The molecule has 0 bridgehead atoms. The van der Waals surface area contributed by atoms with E-state index < -0.39 is 0 Å². The summed E-state index contributed by atoms with van der Waals surface area (Å²) in [5.41, 5.74) is 6.07. The molecule has 1 aromatic heterocycles. The molecule has 3 N–H and O–H groups in total. The van der Waals surface area contributed by atoms with Gasteiger partial charge in [0.15, 0.2) is 0 Å². The molecule has 1 fully saturated rings. The number of piperazine rings is 1. The van der Waals surface area contributed by atoms with E-state index in [0.29, 0.717) is 17.4 Å². The Morgan fingerprint density at radius 3 is 2.88 bits per heavy atom. The highest BCUT2D eigenvalue weighted by molar-refractivity contribution is 7.80.